The normalized spacial score (nSPS) is 17.2. The van der Waals surface area contributed by atoms with E-state index in [0.717, 1.165) is 25.3 Å². The summed E-state index contributed by atoms with van der Waals surface area (Å²) in [6.45, 7) is 2.04. The quantitative estimate of drug-likeness (QED) is 0.0816. The Bertz CT molecular complexity index is 1760. The highest BCUT2D eigenvalue weighted by molar-refractivity contribution is 7.86. The Morgan fingerprint density at radius 2 is 1.79 bits per heavy atom. The minimum Gasteiger partial charge on any atom is -0.488 e. The fraction of sp³-hybridized carbons (Fsp3) is 0.419. The van der Waals surface area contributed by atoms with Gasteiger partial charge in [-0.25, -0.2) is 9.78 Å². The van der Waals surface area contributed by atoms with Crippen LogP contribution in [0.5, 0.6) is 5.75 Å². The number of hydrogen-bond acceptors (Lipinski definition) is 8. The third kappa shape index (κ3) is 9.97. The molecule has 1 fully saturated rings. The SMILES string of the molecule is CCCCCC[C@H](C(=O)N1C[C@@H](Oc2ccc(CCP(=O)(O)O)cc2)C[C@H]1C(=O)O)n1cnc(NC(=O)c2ccccc2S(=O)(=O)O)c1. The van der Waals surface area contributed by atoms with Crippen LogP contribution >= 0.6 is 7.60 Å². The van der Waals surface area contributed by atoms with E-state index < -0.39 is 58.6 Å². The van der Waals surface area contributed by atoms with Crippen LogP contribution < -0.4 is 10.1 Å². The minimum absolute atomic E-state index is 0.00801. The molecular weight excluding hydrogens is 667 g/mol. The second-order valence-electron chi connectivity index (χ2n) is 11.6. The molecule has 1 saturated heterocycles. The molecule has 17 heteroatoms. The van der Waals surface area contributed by atoms with Crippen LogP contribution in [0, 0.1) is 0 Å². The number of amides is 2. The van der Waals surface area contributed by atoms with Gasteiger partial charge < -0.3 is 34.4 Å². The zero-order valence-corrected chi connectivity index (χ0v) is 27.9. The van der Waals surface area contributed by atoms with Gasteiger partial charge in [0.05, 0.1) is 24.6 Å². The van der Waals surface area contributed by atoms with Gasteiger partial charge in [-0.15, -0.1) is 0 Å². The maximum Gasteiger partial charge on any atom is 0.326 e. The first-order valence-electron chi connectivity index (χ1n) is 15.4. The number of unbranched alkanes of at least 4 members (excludes halogenated alkanes) is 3. The second kappa shape index (κ2) is 15.9. The standard InChI is InChI=1S/C31H39N4O11PS/c1-2-3-4-5-9-25(34-19-28(32-20-34)33-29(36)24-8-6-7-10-27(24)48(43,44)45)30(37)35-18-23(17-26(35)31(38)39)46-22-13-11-21(12-14-22)15-16-47(40,41)42/h6-8,10-14,19-20,23,25-26H,2-5,9,15-18H2,1H3,(H,33,36)(H,38,39)(H2,40,41,42)(H,43,44,45)/t23-,25+,26-/m0/s1. The Hall–Kier alpha value is -4.08. The number of benzene rings is 2. The predicted octanol–water partition coefficient (Wildman–Crippen LogP) is 3.75. The number of anilines is 1. The largest absolute Gasteiger partial charge is 0.488 e. The molecule has 2 aromatic carbocycles. The zero-order chi connectivity index (χ0) is 35.1. The third-order valence-electron chi connectivity index (χ3n) is 7.98. The molecular formula is C31H39N4O11PS. The molecule has 0 bridgehead atoms. The molecule has 0 aliphatic carbocycles. The molecule has 3 atom stereocenters. The van der Waals surface area contributed by atoms with E-state index in [0.29, 0.717) is 24.2 Å². The van der Waals surface area contributed by atoms with Crippen LogP contribution in [0.2, 0.25) is 0 Å². The van der Waals surface area contributed by atoms with Gasteiger partial charge in [0.15, 0.2) is 5.82 Å². The van der Waals surface area contributed by atoms with Gasteiger partial charge in [0.25, 0.3) is 16.0 Å². The predicted molar refractivity (Wildman–Crippen MR) is 173 cm³/mol. The van der Waals surface area contributed by atoms with E-state index in [1.54, 1.807) is 24.3 Å². The fourth-order valence-corrected chi connectivity index (χ4v) is 6.79. The van der Waals surface area contributed by atoms with Crippen LogP contribution in [0.15, 0.2) is 66.0 Å². The maximum absolute atomic E-state index is 14.0. The number of aryl methyl sites for hydroxylation is 1. The molecule has 1 aliphatic heterocycles. The Morgan fingerprint density at radius 1 is 1.08 bits per heavy atom. The van der Waals surface area contributed by atoms with Gasteiger partial charge in [-0.3, -0.25) is 18.7 Å². The molecule has 15 nitrogen and oxygen atoms in total. The first-order valence-corrected chi connectivity index (χ1v) is 18.6. The summed E-state index contributed by atoms with van der Waals surface area (Å²) >= 11 is 0. The van der Waals surface area contributed by atoms with Crippen molar-refractivity contribution in [2.45, 2.75) is 75.0 Å². The number of rotatable bonds is 16. The summed E-state index contributed by atoms with van der Waals surface area (Å²) < 4.78 is 51.7. The number of carboxylic acids is 1. The van der Waals surface area contributed by atoms with E-state index >= 15 is 0 Å². The summed E-state index contributed by atoms with van der Waals surface area (Å²) in [6, 6.07) is 9.67. The molecule has 0 unspecified atom stereocenters. The van der Waals surface area contributed by atoms with Gasteiger partial charge in [-0.1, -0.05) is 56.9 Å². The molecule has 3 aromatic rings. The molecule has 5 N–H and O–H groups in total. The molecule has 48 heavy (non-hydrogen) atoms. The smallest absolute Gasteiger partial charge is 0.326 e. The van der Waals surface area contributed by atoms with Crippen LogP contribution in [0.25, 0.3) is 0 Å². The monoisotopic (exact) mass is 706 g/mol. The molecule has 2 amide bonds. The number of carbonyl (C=O) groups is 3. The van der Waals surface area contributed by atoms with Gasteiger partial charge in [0.1, 0.15) is 28.8 Å². The highest BCUT2D eigenvalue weighted by Crippen LogP contribution is 2.35. The third-order valence-corrected chi connectivity index (χ3v) is 9.70. The van der Waals surface area contributed by atoms with Crippen molar-refractivity contribution in [1.29, 1.82) is 0 Å². The fourth-order valence-electron chi connectivity index (χ4n) is 5.55. The number of hydrogen-bond donors (Lipinski definition) is 5. The van der Waals surface area contributed by atoms with E-state index in [-0.39, 0.29) is 36.9 Å². The van der Waals surface area contributed by atoms with Crippen molar-refractivity contribution >= 4 is 41.3 Å². The summed E-state index contributed by atoms with van der Waals surface area (Å²) in [6.07, 6.45) is 5.77. The molecule has 0 radical (unpaired) electrons. The number of aromatic nitrogens is 2. The van der Waals surface area contributed by atoms with Crippen molar-refractivity contribution in [1.82, 2.24) is 14.5 Å². The van der Waals surface area contributed by atoms with Crippen molar-refractivity contribution in [3.63, 3.8) is 0 Å². The van der Waals surface area contributed by atoms with E-state index in [1.165, 1.54) is 40.2 Å². The summed E-state index contributed by atoms with van der Waals surface area (Å²) in [4.78, 5) is 62.3. The Morgan fingerprint density at radius 3 is 2.44 bits per heavy atom. The average Bonchev–Trinajstić information content (AvgIpc) is 3.67. The molecule has 4 rings (SSSR count). The molecule has 260 valence electrons. The number of likely N-dealkylation sites (tertiary alicyclic amines) is 1. The molecule has 0 saturated carbocycles. The summed E-state index contributed by atoms with van der Waals surface area (Å²) in [5.41, 5.74) is 0.395. The summed E-state index contributed by atoms with van der Waals surface area (Å²) in [5.74, 6) is -2.08. The zero-order valence-electron chi connectivity index (χ0n) is 26.2. The van der Waals surface area contributed by atoms with Crippen molar-refractivity contribution in [3.05, 3.63) is 72.2 Å². The lowest BCUT2D eigenvalue weighted by molar-refractivity contribution is -0.149. The lowest BCUT2D eigenvalue weighted by atomic mass is 10.1. The van der Waals surface area contributed by atoms with Crippen LogP contribution in [-0.2, 0) is 30.7 Å². The van der Waals surface area contributed by atoms with Crippen molar-refractivity contribution in [3.8, 4) is 5.75 Å². The first-order chi connectivity index (χ1) is 22.7. The highest BCUT2D eigenvalue weighted by atomic mass is 32.2. The van der Waals surface area contributed by atoms with Gasteiger partial charge in [-0.05, 0) is 42.7 Å². The van der Waals surface area contributed by atoms with E-state index in [2.05, 4.69) is 10.3 Å². The molecule has 1 aromatic heterocycles. The van der Waals surface area contributed by atoms with E-state index in [4.69, 9.17) is 14.5 Å². The molecule has 0 spiro atoms. The van der Waals surface area contributed by atoms with Gasteiger partial charge >= 0.3 is 13.6 Å². The maximum atomic E-state index is 14.0. The molecule has 1 aliphatic rings. The summed E-state index contributed by atoms with van der Waals surface area (Å²) in [7, 11) is -8.83. The summed E-state index contributed by atoms with van der Waals surface area (Å²) in [5, 5.41) is 12.5. The number of ether oxygens (including phenoxy) is 1. The van der Waals surface area contributed by atoms with Gasteiger partial charge in [0.2, 0.25) is 5.91 Å². The topological polar surface area (TPSA) is 226 Å². The number of aliphatic carboxylic acids is 1. The number of carboxylic acid groups (broad SMARTS) is 1. The number of nitrogens with zero attached hydrogens (tertiary/aromatic N) is 3. The number of carbonyl (C=O) groups excluding carboxylic acids is 2. The second-order valence-corrected chi connectivity index (χ2v) is 14.8. The minimum atomic E-state index is -4.68. The van der Waals surface area contributed by atoms with Crippen molar-refractivity contribution in [2.75, 3.05) is 18.0 Å². The Balaban J connectivity index is 1.50. The van der Waals surface area contributed by atoms with E-state index in [9.17, 15) is 37.0 Å². The van der Waals surface area contributed by atoms with Crippen LogP contribution in [-0.4, -0.2) is 85.0 Å². The van der Waals surface area contributed by atoms with Crippen LogP contribution in [0.1, 0.15) is 67.4 Å². The van der Waals surface area contributed by atoms with Crippen LogP contribution in [0.4, 0.5) is 5.82 Å². The first kappa shape index (κ1) is 36.8. The average molecular weight is 707 g/mol. The van der Waals surface area contributed by atoms with Gasteiger partial charge in [-0.2, -0.15) is 8.42 Å². The van der Waals surface area contributed by atoms with Crippen molar-refractivity contribution < 1.29 is 51.5 Å². The number of imidazole rings is 1. The van der Waals surface area contributed by atoms with E-state index in [1.807, 2.05) is 6.92 Å². The lowest BCUT2D eigenvalue weighted by Gasteiger charge is -2.27. The Labute approximate surface area is 277 Å². The van der Waals surface area contributed by atoms with Gasteiger partial charge in [0, 0.05) is 12.6 Å². The molecule has 2 heterocycles. The van der Waals surface area contributed by atoms with Crippen molar-refractivity contribution in [2.24, 2.45) is 0 Å². The van der Waals surface area contributed by atoms with Crippen LogP contribution in [0.3, 0.4) is 0 Å². The Kier molecular flexibility index (Phi) is 12.2. The highest BCUT2D eigenvalue weighted by Gasteiger charge is 2.43. The lowest BCUT2D eigenvalue weighted by Crippen LogP contribution is -2.44. The number of nitrogens with one attached hydrogen (secondary N) is 1.